The maximum atomic E-state index is 12.2. The van der Waals surface area contributed by atoms with Gasteiger partial charge in [0.2, 0.25) is 0 Å². The summed E-state index contributed by atoms with van der Waals surface area (Å²) >= 11 is 1.86. The lowest BCUT2D eigenvalue weighted by atomic mass is 9.90. The molecule has 0 spiro atoms. The Kier molecular flexibility index (Phi) is 2.36. The number of hydrogen-bond acceptors (Lipinski definition) is 3. The number of allylic oxidation sites excluding steroid dienone is 5. The Balaban J connectivity index is 1.94. The molecule has 1 fully saturated rings. The minimum atomic E-state index is -0.0563. The molecule has 1 heterocycles. The van der Waals surface area contributed by atoms with E-state index in [-0.39, 0.29) is 11.7 Å². The number of thioether (sulfide) groups is 1. The molecule has 2 nitrogen and oxygen atoms in total. The van der Waals surface area contributed by atoms with Gasteiger partial charge >= 0.3 is 0 Å². The number of Topliss-reactive ketones (excluding diaryl/α,β-unsaturated/α-hetero) is 1. The van der Waals surface area contributed by atoms with Crippen molar-refractivity contribution < 1.29 is 9.59 Å². The van der Waals surface area contributed by atoms with Crippen LogP contribution >= 0.6 is 11.8 Å². The molecule has 82 valence electrons. The van der Waals surface area contributed by atoms with Crippen LogP contribution in [0.5, 0.6) is 0 Å². The van der Waals surface area contributed by atoms with Crippen molar-refractivity contribution in [3.8, 4) is 0 Å². The van der Waals surface area contributed by atoms with Crippen LogP contribution in [-0.4, -0.2) is 22.6 Å². The van der Waals surface area contributed by atoms with E-state index in [4.69, 9.17) is 0 Å². The number of carbonyl (C=O) groups is 2. The third-order valence-electron chi connectivity index (χ3n) is 3.42. The predicted molar refractivity (Wildman–Crippen MR) is 64.3 cm³/mol. The number of ketones is 1. The van der Waals surface area contributed by atoms with Crippen LogP contribution in [0.1, 0.15) is 12.8 Å². The van der Waals surface area contributed by atoms with Gasteiger partial charge in [0.05, 0.1) is 5.92 Å². The van der Waals surface area contributed by atoms with Gasteiger partial charge in [-0.15, -0.1) is 11.8 Å². The van der Waals surface area contributed by atoms with Gasteiger partial charge in [0, 0.05) is 16.1 Å². The smallest absolute Gasteiger partial charge is 0.167 e. The van der Waals surface area contributed by atoms with E-state index < -0.39 is 0 Å². The van der Waals surface area contributed by atoms with Crippen LogP contribution in [-0.2, 0) is 9.59 Å². The van der Waals surface area contributed by atoms with E-state index in [1.54, 1.807) is 0 Å². The molecule has 0 aromatic heterocycles. The fourth-order valence-electron chi connectivity index (χ4n) is 2.61. The van der Waals surface area contributed by atoms with E-state index in [9.17, 15) is 9.59 Å². The third-order valence-corrected chi connectivity index (χ3v) is 5.00. The molecule has 1 aliphatic heterocycles. The zero-order valence-electron chi connectivity index (χ0n) is 8.76. The minimum absolute atomic E-state index is 0.0563. The van der Waals surface area contributed by atoms with Crippen molar-refractivity contribution in [3.05, 3.63) is 35.5 Å². The van der Waals surface area contributed by atoms with Crippen LogP contribution in [0.2, 0.25) is 0 Å². The van der Waals surface area contributed by atoms with Gasteiger partial charge in [-0.1, -0.05) is 24.3 Å². The Hall–Kier alpha value is -1.09. The summed E-state index contributed by atoms with van der Waals surface area (Å²) in [7, 11) is 0. The summed E-state index contributed by atoms with van der Waals surface area (Å²) in [5, 5.41) is 0.611. The molecule has 0 amide bonds. The van der Waals surface area contributed by atoms with Crippen molar-refractivity contribution in [2.75, 3.05) is 0 Å². The maximum absolute atomic E-state index is 12.2. The normalized spacial score (nSPS) is 36.2. The molecule has 3 heteroatoms. The highest BCUT2D eigenvalue weighted by Gasteiger charge is 2.42. The van der Waals surface area contributed by atoms with Gasteiger partial charge in [-0.2, -0.15) is 0 Å². The Morgan fingerprint density at radius 3 is 3.12 bits per heavy atom. The molecule has 16 heavy (non-hydrogen) atoms. The Morgan fingerprint density at radius 1 is 1.44 bits per heavy atom. The monoisotopic (exact) mass is 232 g/mol. The lowest BCUT2D eigenvalue weighted by Gasteiger charge is -2.33. The lowest BCUT2D eigenvalue weighted by molar-refractivity contribution is -0.118. The molecule has 2 aliphatic carbocycles. The van der Waals surface area contributed by atoms with Gasteiger partial charge in [-0.25, -0.2) is 0 Å². The second-order valence-corrected chi connectivity index (χ2v) is 5.85. The quantitative estimate of drug-likeness (QED) is 0.649. The largest absolute Gasteiger partial charge is 0.298 e. The zero-order chi connectivity index (χ0) is 11.1. The van der Waals surface area contributed by atoms with E-state index >= 15 is 0 Å². The van der Waals surface area contributed by atoms with Crippen LogP contribution in [0.3, 0.4) is 0 Å². The van der Waals surface area contributed by atoms with E-state index in [2.05, 4.69) is 6.08 Å². The highest BCUT2D eigenvalue weighted by molar-refractivity contribution is 8.01. The molecular formula is C13H12O2S. The summed E-state index contributed by atoms with van der Waals surface area (Å²) in [6, 6.07) is 0. The zero-order valence-corrected chi connectivity index (χ0v) is 9.57. The highest BCUT2D eigenvalue weighted by Crippen LogP contribution is 2.46. The average Bonchev–Trinajstić information content (AvgIpc) is 2.73. The average molecular weight is 232 g/mol. The third kappa shape index (κ3) is 1.42. The van der Waals surface area contributed by atoms with Gasteiger partial charge in [-0.3, -0.25) is 9.59 Å². The number of rotatable bonds is 1. The molecule has 3 unspecified atom stereocenters. The highest BCUT2D eigenvalue weighted by atomic mass is 32.2. The van der Waals surface area contributed by atoms with Crippen LogP contribution in [0.15, 0.2) is 35.5 Å². The molecule has 0 radical (unpaired) electrons. The van der Waals surface area contributed by atoms with Gasteiger partial charge in [0.1, 0.15) is 6.29 Å². The van der Waals surface area contributed by atoms with Gasteiger partial charge in [0.25, 0.3) is 0 Å². The van der Waals surface area contributed by atoms with E-state index in [1.807, 2.05) is 30.0 Å². The summed E-state index contributed by atoms with van der Waals surface area (Å²) < 4.78 is 0. The topological polar surface area (TPSA) is 34.1 Å². The van der Waals surface area contributed by atoms with Crippen molar-refractivity contribution in [1.82, 2.24) is 0 Å². The van der Waals surface area contributed by atoms with Crippen LogP contribution < -0.4 is 0 Å². The SMILES string of the molecule is O=CC1=CC2C(=O)C3=CC=CCC3SC2C1. The molecule has 0 aromatic rings. The van der Waals surface area contributed by atoms with Crippen LogP contribution in [0.25, 0.3) is 0 Å². The molecule has 0 aromatic carbocycles. The van der Waals surface area contributed by atoms with E-state index in [0.717, 1.165) is 30.3 Å². The Labute approximate surface area is 98.5 Å². The first-order valence-electron chi connectivity index (χ1n) is 5.52. The number of aldehydes is 1. The molecule has 3 aliphatic rings. The molecule has 3 atom stereocenters. The van der Waals surface area contributed by atoms with Gasteiger partial charge < -0.3 is 0 Å². The molecule has 0 saturated carbocycles. The maximum Gasteiger partial charge on any atom is 0.167 e. The molecule has 0 N–H and O–H groups in total. The van der Waals surface area contributed by atoms with Crippen molar-refractivity contribution in [2.45, 2.75) is 23.3 Å². The predicted octanol–water partition coefficient (Wildman–Crippen LogP) is 2.07. The van der Waals surface area contributed by atoms with E-state index in [1.165, 1.54) is 0 Å². The first-order valence-corrected chi connectivity index (χ1v) is 6.46. The second-order valence-electron chi connectivity index (χ2n) is 4.40. The van der Waals surface area contributed by atoms with E-state index in [0.29, 0.717) is 10.5 Å². The molecule has 0 bridgehead atoms. The number of fused-ring (bicyclic) bond motifs is 2. The number of hydrogen-bond donors (Lipinski definition) is 0. The Bertz CT molecular complexity index is 445. The van der Waals surface area contributed by atoms with Crippen molar-refractivity contribution >= 4 is 23.8 Å². The van der Waals surface area contributed by atoms with Crippen molar-refractivity contribution in [1.29, 1.82) is 0 Å². The van der Waals surface area contributed by atoms with Gasteiger partial charge in [0.15, 0.2) is 5.78 Å². The minimum Gasteiger partial charge on any atom is -0.298 e. The molecular weight excluding hydrogens is 220 g/mol. The second kappa shape index (κ2) is 3.74. The lowest BCUT2D eigenvalue weighted by Crippen LogP contribution is -2.34. The van der Waals surface area contributed by atoms with Crippen molar-refractivity contribution in [2.24, 2.45) is 5.92 Å². The van der Waals surface area contributed by atoms with Crippen LogP contribution in [0.4, 0.5) is 0 Å². The first kappa shape index (κ1) is 10.1. The standard InChI is InChI=1S/C13H12O2S/c14-7-8-5-10-12(6-8)16-11-4-2-1-3-9(11)13(10)15/h1-3,5,7,10-12H,4,6H2. The first-order chi connectivity index (χ1) is 7.79. The Morgan fingerprint density at radius 2 is 2.31 bits per heavy atom. The van der Waals surface area contributed by atoms with Gasteiger partial charge in [-0.05, 0) is 18.4 Å². The number of carbonyl (C=O) groups excluding carboxylic acids is 2. The van der Waals surface area contributed by atoms with Crippen LogP contribution in [0, 0.1) is 5.92 Å². The fraction of sp³-hybridized carbons (Fsp3) is 0.385. The summed E-state index contributed by atoms with van der Waals surface area (Å²) in [5.41, 5.74) is 1.74. The fourth-order valence-corrected chi connectivity index (χ4v) is 4.26. The summed E-state index contributed by atoms with van der Waals surface area (Å²) in [6.45, 7) is 0. The summed E-state index contributed by atoms with van der Waals surface area (Å²) in [4.78, 5) is 23.0. The molecule has 3 rings (SSSR count). The summed E-state index contributed by atoms with van der Waals surface area (Å²) in [6.07, 6.45) is 10.5. The molecule has 1 saturated heterocycles. The summed E-state index contributed by atoms with van der Waals surface area (Å²) in [5.74, 6) is 0.175. The van der Waals surface area contributed by atoms with Crippen molar-refractivity contribution in [3.63, 3.8) is 0 Å².